The fourth-order valence-corrected chi connectivity index (χ4v) is 5.18. The van der Waals surface area contributed by atoms with E-state index in [9.17, 15) is 0 Å². The zero-order chi connectivity index (χ0) is 10.5. The van der Waals surface area contributed by atoms with Crippen LogP contribution in [0.25, 0.3) is 0 Å². The molecule has 0 saturated carbocycles. The van der Waals surface area contributed by atoms with Crippen molar-refractivity contribution in [2.45, 2.75) is 38.1 Å². The molecule has 0 bridgehead atoms. The standard InChI is InChI=1S/C13H18OSi/c1-15(2)8-7-11-9-10-5-3-4-6-12(10)13(11)14-15/h3-6,11,13H,7-9H2,1-2H3/t11-,13-/m0/s1. The van der Waals surface area contributed by atoms with E-state index in [2.05, 4.69) is 37.4 Å². The van der Waals surface area contributed by atoms with Gasteiger partial charge in [0, 0.05) is 0 Å². The fraction of sp³-hybridized carbons (Fsp3) is 0.538. The van der Waals surface area contributed by atoms with Crippen LogP contribution in [0, 0.1) is 5.92 Å². The van der Waals surface area contributed by atoms with Crippen LogP contribution >= 0.6 is 0 Å². The molecule has 3 rings (SSSR count). The Bertz CT molecular complexity index is 386. The molecule has 0 radical (unpaired) electrons. The van der Waals surface area contributed by atoms with Crippen LogP contribution < -0.4 is 0 Å². The Balaban J connectivity index is 1.96. The average Bonchev–Trinajstić information content (AvgIpc) is 2.55. The highest BCUT2D eigenvalue weighted by Crippen LogP contribution is 2.47. The van der Waals surface area contributed by atoms with Crippen LogP contribution in [0.2, 0.25) is 19.1 Å². The number of hydrogen-bond acceptors (Lipinski definition) is 1. The van der Waals surface area contributed by atoms with Gasteiger partial charge in [-0.3, -0.25) is 0 Å². The van der Waals surface area contributed by atoms with Gasteiger partial charge in [-0.2, -0.15) is 0 Å². The van der Waals surface area contributed by atoms with Crippen LogP contribution in [0.4, 0.5) is 0 Å². The van der Waals surface area contributed by atoms with Crippen molar-refractivity contribution in [3.05, 3.63) is 35.4 Å². The second-order valence-electron chi connectivity index (χ2n) is 5.50. The number of fused-ring (bicyclic) bond motifs is 3. The molecule has 2 atom stereocenters. The van der Waals surface area contributed by atoms with Crippen LogP contribution in [0.15, 0.2) is 24.3 Å². The van der Waals surface area contributed by atoms with Gasteiger partial charge in [-0.05, 0) is 49.0 Å². The van der Waals surface area contributed by atoms with E-state index in [0.717, 1.165) is 5.92 Å². The molecule has 0 spiro atoms. The Labute approximate surface area is 92.6 Å². The van der Waals surface area contributed by atoms with Crippen molar-refractivity contribution in [2.24, 2.45) is 5.92 Å². The molecular weight excluding hydrogens is 200 g/mol. The predicted molar refractivity (Wildman–Crippen MR) is 64.4 cm³/mol. The molecule has 1 saturated heterocycles. The summed E-state index contributed by atoms with van der Waals surface area (Å²) >= 11 is 0. The van der Waals surface area contributed by atoms with E-state index in [1.165, 1.54) is 30.0 Å². The summed E-state index contributed by atoms with van der Waals surface area (Å²) < 4.78 is 6.36. The van der Waals surface area contributed by atoms with E-state index in [1.54, 1.807) is 0 Å². The molecule has 0 amide bonds. The molecule has 1 aromatic carbocycles. The van der Waals surface area contributed by atoms with Crippen molar-refractivity contribution >= 4 is 8.32 Å². The normalized spacial score (nSPS) is 32.1. The maximum atomic E-state index is 6.36. The molecule has 2 heteroatoms. The van der Waals surface area contributed by atoms with Gasteiger partial charge in [-0.15, -0.1) is 0 Å². The first-order valence-electron chi connectivity index (χ1n) is 5.91. The summed E-state index contributed by atoms with van der Waals surface area (Å²) in [5.41, 5.74) is 3.00. The largest absolute Gasteiger partial charge is 0.410 e. The van der Waals surface area contributed by atoms with Crippen LogP contribution in [-0.2, 0) is 10.8 Å². The van der Waals surface area contributed by atoms with E-state index in [1.807, 2.05) is 0 Å². The van der Waals surface area contributed by atoms with Gasteiger partial charge in [0.2, 0.25) is 0 Å². The number of hydrogen-bond donors (Lipinski definition) is 0. The van der Waals surface area contributed by atoms with Gasteiger partial charge in [-0.1, -0.05) is 24.3 Å². The first-order chi connectivity index (χ1) is 7.16. The Morgan fingerprint density at radius 1 is 1.27 bits per heavy atom. The van der Waals surface area contributed by atoms with Crippen LogP contribution in [-0.4, -0.2) is 8.32 Å². The zero-order valence-corrected chi connectivity index (χ0v) is 10.5. The Morgan fingerprint density at radius 3 is 2.93 bits per heavy atom. The molecule has 0 N–H and O–H groups in total. The highest BCUT2D eigenvalue weighted by atomic mass is 28.4. The topological polar surface area (TPSA) is 9.23 Å². The molecule has 1 aromatic rings. The van der Waals surface area contributed by atoms with Gasteiger partial charge in [0.15, 0.2) is 8.32 Å². The van der Waals surface area contributed by atoms with Crippen molar-refractivity contribution in [3.63, 3.8) is 0 Å². The average molecular weight is 218 g/mol. The summed E-state index contributed by atoms with van der Waals surface area (Å²) in [6.45, 7) is 4.70. The second kappa shape index (κ2) is 3.19. The molecule has 1 nitrogen and oxygen atoms in total. The molecule has 1 heterocycles. The molecule has 0 aromatic heterocycles. The quantitative estimate of drug-likeness (QED) is 0.605. The minimum absolute atomic E-state index is 0.427. The van der Waals surface area contributed by atoms with Crippen LogP contribution in [0.3, 0.4) is 0 Å². The monoisotopic (exact) mass is 218 g/mol. The molecule has 1 fully saturated rings. The van der Waals surface area contributed by atoms with Gasteiger partial charge >= 0.3 is 0 Å². The molecule has 80 valence electrons. The maximum absolute atomic E-state index is 6.36. The summed E-state index contributed by atoms with van der Waals surface area (Å²) in [5, 5.41) is 0. The second-order valence-corrected chi connectivity index (χ2v) is 9.75. The SMILES string of the molecule is C[Si]1(C)CC[C@H]2Cc3ccccc3[C@H]2O1. The lowest BCUT2D eigenvalue weighted by Crippen LogP contribution is -2.38. The van der Waals surface area contributed by atoms with Crippen LogP contribution in [0.1, 0.15) is 23.7 Å². The van der Waals surface area contributed by atoms with Crippen molar-refractivity contribution in [1.29, 1.82) is 0 Å². The maximum Gasteiger partial charge on any atom is 0.187 e. The van der Waals surface area contributed by atoms with Gasteiger partial charge in [0.25, 0.3) is 0 Å². The molecular formula is C13H18OSi. The molecule has 2 aliphatic rings. The Kier molecular flexibility index (Phi) is 2.05. The fourth-order valence-electron chi connectivity index (χ4n) is 2.99. The van der Waals surface area contributed by atoms with E-state index >= 15 is 0 Å². The third-order valence-electron chi connectivity index (χ3n) is 3.84. The third-order valence-corrected chi connectivity index (χ3v) is 6.22. The van der Waals surface area contributed by atoms with E-state index in [-0.39, 0.29) is 0 Å². The van der Waals surface area contributed by atoms with Gasteiger partial charge in [-0.25, -0.2) is 0 Å². The Morgan fingerprint density at radius 2 is 2.07 bits per heavy atom. The highest BCUT2D eigenvalue weighted by molar-refractivity contribution is 6.71. The molecule has 1 aliphatic heterocycles. The summed E-state index contributed by atoms with van der Waals surface area (Å²) in [7, 11) is -1.34. The van der Waals surface area contributed by atoms with Crippen LogP contribution in [0.5, 0.6) is 0 Å². The highest BCUT2D eigenvalue weighted by Gasteiger charge is 2.42. The molecule has 0 unspecified atom stereocenters. The minimum Gasteiger partial charge on any atom is -0.410 e. The molecule has 1 aliphatic carbocycles. The van der Waals surface area contributed by atoms with Gasteiger partial charge < -0.3 is 4.43 Å². The first-order valence-corrected chi connectivity index (χ1v) is 9.03. The van der Waals surface area contributed by atoms with Crippen molar-refractivity contribution in [1.82, 2.24) is 0 Å². The Hall–Kier alpha value is -0.603. The van der Waals surface area contributed by atoms with Crippen molar-refractivity contribution in [3.8, 4) is 0 Å². The minimum atomic E-state index is -1.34. The summed E-state index contributed by atoms with van der Waals surface area (Å²) in [6.07, 6.45) is 3.04. The smallest absolute Gasteiger partial charge is 0.187 e. The number of rotatable bonds is 0. The predicted octanol–water partition coefficient (Wildman–Crippen LogP) is 3.53. The van der Waals surface area contributed by atoms with E-state index in [0.29, 0.717) is 6.10 Å². The van der Waals surface area contributed by atoms with E-state index in [4.69, 9.17) is 4.43 Å². The summed E-state index contributed by atoms with van der Waals surface area (Å²) in [5.74, 6) is 0.767. The van der Waals surface area contributed by atoms with Gasteiger partial charge in [0.1, 0.15) is 0 Å². The first kappa shape index (κ1) is 9.61. The molecule has 15 heavy (non-hydrogen) atoms. The van der Waals surface area contributed by atoms with E-state index < -0.39 is 8.32 Å². The van der Waals surface area contributed by atoms with Crippen molar-refractivity contribution in [2.75, 3.05) is 0 Å². The third kappa shape index (κ3) is 1.56. The summed E-state index contributed by atoms with van der Waals surface area (Å²) in [4.78, 5) is 0. The number of benzene rings is 1. The van der Waals surface area contributed by atoms with Gasteiger partial charge in [0.05, 0.1) is 6.10 Å². The lowest BCUT2D eigenvalue weighted by molar-refractivity contribution is 0.115. The zero-order valence-electron chi connectivity index (χ0n) is 9.49. The summed E-state index contributed by atoms with van der Waals surface area (Å²) in [6, 6.07) is 10.2. The van der Waals surface area contributed by atoms with Crippen molar-refractivity contribution < 1.29 is 4.43 Å². The lowest BCUT2D eigenvalue weighted by Gasteiger charge is -2.37. The lowest BCUT2D eigenvalue weighted by atomic mass is 10.0.